The summed E-state index contributed by atoms with van der Waals surface area (Å²) in [4.78, 5) is 12.5. The van der Waals surface area contributed by atoms with Crippen LogP contribution in [0.5, 0.6) is 17.2 Å². The van der Waals surface area contributed by atoms with Crippen LogP contribution in [0.25, 0.3) is 11.5 Å². The lowest BCUT2D eigenvalue weighted by Crippen LogP contribution is -2.10. The molecule has 2 heterocycles. The molecule has 0 aliphatic carbocycles. The zero-order valence-electron chi connectivity index (χ0n) is 14.0. The number of nitrogens with zero attached hydrogens (tertiary/aromatic N) is 2. The number of thiophene rings is 1. The molecule has 1 aromatic carbocycles. The summed E-state index contributed by atoms with van der Waals surface area (Å²) in [6.07, 6.45) is 0. The molecule has 0 saturated carbocycles. The van der Waals surface area contributed by atoms with E-state index in [1.54, 1.807) is 24.3 Å². The van der Waals surface area contributed by atoms with E-state index >= 15 is 0 Å². The number of anilines is 1. The Labute approximate surface area is 157 Å². The summed E-state index contributed by atoms with van der Waals surface area (Å²) in [5, 5.41) is 10.3. The van der Waals surface area contributed by atoms with Gasteiger partial charge in [0, 0.05) is 5.56 Å². The van der Waals surface area contributed by atoms with Crippen molar-refractivity contribution in [3.63, 3.8) is 0 Å². The van der Waals surface area contributed by atoms with Gasteiger partial charge in [-0.05, 0) is 24.3 Å². The van der Waals surface area contributed by atoms with Gasteiger partial charge in [0.15, 0.2) is 11.5 Å². The molecule has 3 rings (SSSR count). The maximum atomic E-state index is 12.1. The van der Waals surface area contributed by atoms with E-state index in [2.05, 4.69) is 15.5 Å². The van der Waals surface area contributed by atoms with E-state index in [9.17, 15) is 4.79 Å². The molecule has 0 atom stereocenters. The first-order chi connectivity index (χ1) is 12.5. The van der Waals surface area contributed by atoms with E-state index in [-0.39, 0.29) is 17.8 Å². The molecule has 136 valence electrons. The number of ether oxygens (including phenoxy) is 3. The van der Waals surface area contributed by atoms with Gasteiger partial charge in [0.1, 0.15) is 0 Å². The molecule has 1 amide bonds. The van der Waals surface area contributed by atoms with Crippen molar-refractivity contribution in [2.24, 2.45) is 0 Å². The van der Waals surface area contributed by atoms with Gasteiger partial charge >= 0.3 is 6.01 Å². The fourth-order valence-corrected chi connectivity index (χ4v) is 3.13. The lowest BCUT2D eigenvalue weighted by molar-refractivity contribution is 0.102. The van der Waals surface area contributed by atoms with Gasteiger partial charge in [-0.2, -0.15) is 0 Å². The topological polar surface area (TPSA) is 95.7 Å². The smallest absolute Gasteiger partial charge is 0.322 e. The highest BCUT2D eigenvalue weighted by Gasteiger charge is 2.19. The molecule has 0 bridgehead atoms. The molecule has 8 nitrogen and oxygen atoms in total. The second-order valence-electron chi connectivity index (χ2n) is 4.88. The molecular weight excluding hydrogens is 382 g/mol. The number of carbonyl (C=O) groups excluding carboxylic acids is 1. The first-order valence-corrected chi connectivity index (χ1v) is 8.45. The fraction of sp³-hybridized carbons (Fsp3) is 0.188. The van der Waals surface area contributed by atoms with Crippen LogP contribution in [0.2, 0.25) is 4.34 Å². The molecule has 0 aliphatic rings. The van der Waals surface area contributed by atoms with Crippen molar-refractivity contribution in [3.8, 4) is 28.7 Å². The summed E-state index contributed by atoms with van der Waals surface area (Å²) in [7, 11) is 4.52. The van der Waals surface area contributed by atoms with Gasteiger partial charge in [-0.25, -0.2) is 0 Å². The number of rotatable bonds is 6. The lowest BCUT2D eigenvalue weighted by atomic mass is 10.2. The van der Waals surface area contributed by atoms with Crippen LogP contribution in [0, 0.1) is 0 Å². The molecule has 2 aromatic heterocycles. The van der Waals surface area contributed by atoms with Gasteiger partial charge in [0.2, 0.25) is 11.6 Å². The summed E-state index contributed by atoms with van der Waals surface area (Å²) in [6.45, 7) is 0. The number of halogens is 1. The first kappa shape index (κ1) is 18.0. The van der Waals surface area contributed by atoms with E-state index in [1.165, 1.54) is 21.3 Å². The Balaban J connectivity index is 1.86. The van der Waals surface area contributed by atoms with E-state index in [1.807, 2.05) is 0 Å². The van der Waals surface area contributed by atoms with Crippen LogP contribution in [-0.2, 0) is 0 Å². The van der Waals surface area contributed by atoms with Crippen LogP contribution in [-0.4, -0.2) is 37.4 Å². The van der Waals surface area contributed by atoms with E-state index in [0.717, 1.165) is 11.3 Å². The predicted molar refractivity (Wildman–Crippen MR) is 96.7 cm³/mol. The summed E-state index contributed by atoms with van der Waals surface area (Å²) < 4.78 is 21.9. The summed E-state index contributed by atoms with van der Waals surface area (Å²) in [5.41, 5.74) is 0.548. The van der Waals surface area contributed by atoms with Crippen molar-refractivity contribution in [1.82, 2.24) is 10.2 Å². The van der Waals surface area contributed by atoms with Gasteiger partial charge in [0.25, 0.3) is 5.91 Å². The van der Waals surface area contributed by atoms with Crippen LogP contribution in [0.4, 0.5) is 6.01 Å². The molecule has 0 fully saturated rings. The van der Waals surface area contributed by atoms with E-state index in [0.29, 0.717) is 32.0 Å². The highest BCUT2D eigenvalue weighted by atomic mass is 35.5. The maximum absolute atomic E-state index is 12.1. The van der Waals surface area contributed by atoms with Crippen LogP contribution in [0.1, 0.15) is 9.67 Å². The molecule has 0 spiro atoms. The highest BCUT2D eigenvalue weighted by molar-refractivity contribution is 7.18. The van der Waals surface area contributed by atoms with Crippen LogP contribution in [0.3, 0.4) is 0 Å². The Bertz CT molecular complexity index is 915. The number of nitrogens with one attached hydrogen (secondary N) is 1. The van der Waals surface area contributed by atoms with Crippen molar-refractivity contribution in [3.05, 3.63) is 33.5 Å². The van der Waals surface area contributed by atoms with Crippen molar-refractivity contribution in [2.45, 2.75) is 0 Å². The molecular formula is C16H14ClN3O5S. The number of carbonyl (C=O) groups is 1. The molecule has 0 radical (unpaired) electrons. The quantitative estimate of drug-likeness (QED) is 0.679. The minimum atomic E-state index is -0.387. The van der Waals surface area contributed by atoms with Crippen LogP contribution in [0.15, 0.2) is 28.7 Å². The van der Waals surface area contributed by atoms with E-state index in [4.69, 9.17) is 30.2 Å². The number of benzene rings is 1. The molecule has 10 heteroatoms. The molecule has 1 N–H and O–H groups in total. The second kappa shape index (κ2) is 7.63. The van der Waals surface area contributed by atoms with Crippen LogP contribution < -0.4 is 19.5 Å². The van der Waals surface area contributed by atoms with Crippen molar-refractivity contribution in [2.75, 3.05) is 26.6 Å². The number of hydrogen-bond donors (Lipinski definition) is 1. The number of methoxy groups -OCH3 is 3. The minimum Gasteiger partial charge on any atom is -0.493 e. The average molecular weight is 396 g/mol. The standard InChI is InChI=1S/C16H14ClN3O5S/c1-22-9-6-8(7-10(23-2)13(9)24-3)15-19-20-16(25-15)18-14(21)11-4-5-12(17)26-11/h4-7H,1-3H3,(H,18,20,21). The Morgan fingerprint density at radius 3 is 2.35 bits per heavy atom. The summed E-state index contributed by atoms with van der Waals surface area (Å²) >= 11 is 6.98. The molecule has 26 heavy (non-hydrogen) atoms. The fourth-order valence-electron chi connectivity index (χ4n) is 2.19. The highest BCUT2D eigenvalue weighted by Crippen LogP contribution is 2.41. The second-order valence-corrected chi connectivity index (χ2v) is 6.60. The molecule has 3 aromatic rings. The number of aromatic nitrogens is 2. The van der Waals surface area contributed by atoms with Crippen LogP contribution >= 0.6 is 22.9 Å². The van der Waals surface area contributed by atoms with Crippen molar-refractivity contribution >= 4 is 34.9 Å². The summed E-state index contributed by atoms with van der Waals surface area (Å²) in [6, 6.07) is 6.54. The molecule has 0 unspecified atom stereocenters. The SMILES string of the molecule is COc1cc(-c2nnc(NC(=O)c3ccc(Cl)s3)o2)cc(OC)c1OC. The van der Waals surface area contributed by atoms with Gasteiger partial charge in [-0.1, -0.05) is 16.7 Å². The van der Waals surface area contributed by atoms with E-state index < -0.39 is 0 Å². The third-order valence-corrected chi connectivity index (χ3v) is 4.58. The normalized spacial score (nSPS) is 10.5. The number of amides is 1. The van der Waals surface area contributed by atoms with Crippen molar-refractivity contribution < 1.29 is 23.4 Å². The van der Waals surface area contributed by atoms with Crippen molar-refractivity contribution in [1.29, 1.82) is 0 Å². The lowest BCUT2D eigenvalue weighted by Gasteiger charge is -2.12. The first-order valence-electron chi connectivity index (χ1n) is 7.26. The van der Waals surface area contributed by atoms with Gasteiger partial charge in [-0.3, -0.25) is 10.1 Å². The Morgan fingerprint density at radius 2 is 1.81 bits per heavy atom. The maximum Gasteiger partial charge on any atom is 0.322 e. The molecule has 0 saturated heterocycles. The molecule has 0 aliphatic heterocycles. The summed E-state index contributed by atoms with van der Waals surface area (Å²) in [5.74, 6) is 1.13. The van der Waals surface area contributed by atoms with Gasteiger partial charge in [0.05, 0.1) is 30.5 Å². The monoisotopic (exact) mass is 395 g/mol. The van der Waals surface area contributed by atoms with Gasteiger partial charge in [-0.15, -0.1) is 16.4 Å². The Kier molecular flexibility index (Phi) is 5.29. The largest absolute Gasteiger partial charge is 0.493 e. The number of hydrogen-bond acceptors (Lipinski definition) is 8. The Hall–Kier alpha value is -2.78. The third-order valence-electron chi connectivity index (χ3n) is 3.35. The zero-order chi connectivity index (χ0) is 18.7. The average Bonchev–Trinajstić information content (AvgIpc) is 3.29. The third kappa shape index (κ3) is 3.58. The predicted octanol–water partition coefficient (Wildman–Crippen LogP) is 3.73. The zero-order valence-corrected chi connectivity index (χ0v) is 15.6. The minimum absolute atomic E-state index is 0.0386. The Morgan fingerprint density at radius 1 is 1.12 bits per heavy atom. The van der Waals surface area contributed by atoms with Gasteiger partial charge < -0.3 is 18.6 Å².